The Hall–Kier alpha value is -2.54. The molecule has 0 spiro atoms. The van der Waals surface area contributed by atoms with Crippen molar-refractivity contribution in [1.82, 2.24) is 10.2 Å². The first-order valence-corrected chi connectivity index (χ1v) is 11.2. The van der Waals surface area contributed by atoms with Crippen molar-refractivity contribution in [2.75, 3.05) is 19.6 Å². The molecule has 0 saturated carbocycles. The zero-order valence-electron chi connectivity index (χ0n) is 17.8. The van der Waals surface area contributed by atoms with Crippen LogP contribution in [0.25, 0.3) is 0 Å². The Labute approximate surface area is 178 Å². The average Bonchev–Trinajstić information content (AvgIpc) is 2.75. The first-order chi connectivity index (χ1) is 14.6. The second-order valence-electron chi connectivity index (χ2n) is 8.26. The quantitative estimate of drug-likeness (QED) is 0.366. The van der Waals surface area contributed by atoms with Gasteiger partial charge in [0.2, 0.25) is 11.8 Å². The van der Waals surface area contributed by atoms with Gasteiger partial charge in [0.15, 0.2) is 5.92 Å². The topological polar surface area (TPSA) is 83.3 Å². The smallest absolute Gasteiger partial charge is 0.330 e. The van der Waals surface area contributed by atoms with Gasteiger partial charge < -0.3 is 4.90 Å². The van der Waals surface area contributed by atoms with Gasteiger partial charge in [-0.2, -0.15) is 0 Å². The highest BCUT2D eigenvalue weighted by Gasteiger charge is 2.39. The first kappa shape index (κ1) is 22.2. The molecule has 4 amide bonds. The summed E-state index contributed by atoms with van der Waals surface area (Å²) >= 11 is 0. The van der Waals surface area contributed by atoms with Crippen molar-refractivity contribution >= 4 is 24.1 Å². The van der Waals surface area contributed by atoms with E-state index in [-0.39, 0.29) is 6.04 Å². The minimum Gasteiger partial charge on any atom is -0.331 e. The lowest BCUT2D eigenvalue weighted by atomic mass is 10.0. The highest BCUT2D eigenvalue weighted by Crippen LogP contribution is 2.13. The van der Waals surface area contributed by atoms with Crippen molar-refractivity contribution in [2.45, 2.75) is 58.0 Å². The molecule has 1 aromatic rings. The molecule has 1 aromatic carbocycles. The predicted molar refractivity (Wildman–Crippen MR) is 115 cm³/mol. The van der Waals surface area contributed by atoms with Crippen LogP contribution in [0.2, 0.25) is 0 Å². The maximum atomic E-state index is 12.7. The third-order valence-electron chi connectivity index (χ3n) is 5.93. The zero-order chi connectivity index (χ0) is 21.3. The van der Waals surface area contributed by atoms with E-state index in [1.807, 2.05) is 6.07 Å². The van der Waals surface area contributed by atoms with Gasteiger partial charge in [-0.1, -0.05) is 56.5 Å². The normalized spacial score (nSPS) is 25.0. The van der Waals surface area contributed by atoms with Gasteiger partial charge in [-0.25, -0.2) is 4.79 Å². The second-order valence-corrected chi connectivity index (χ2v) is 8.26. The van der Waals surface area contributed by atoms with E-state index in [1.165, 1.54) is 21.6 Å². The molecular formula is C23H33N4O3+. The largest absolute Gasteiger partial charge is 0.331 e. The zero-order valence-corrected chi connectivity index (χ0v) is 17.8. The number of benzene rings is 1. The van der Waals surface area contributed by atoms with Crippen LogP contribution in [-0.2, 0) is 16.1 Å². The van der Waals surface area contributed by atoms with Crippen molar-refractivity contribution in [1.29, 1.82) is 0 Å². The van der Waals surface area contributed by atoms with E-state index in [9.17, 15) is 14.4 Å². The molecule has 0 aromatic heterocycles. The summed E-state index contributed by atoms with van der Waals surface area (Å²) < 4.78 is 0. The van der Waals surface area contributed by atoms with Crippen LogP contribution >= 0.6 is 0 Å². The van der Waals surface area contributed by atoms with Gasteiger partial charge in [0.05, 0.1) is 19.1 Å². The number of carbonyl (C=O) groups excluding carboxylic acids is 3. The van der Waals surface area contributed by atoms with Gasteiger partial charge >= 0.3 is 6.03 Å². The molecule has 30 heavy (non-hydrogen) atoms. The number of carbonyl (C=O) groups is 3. The maximum absolute atomic E-state index is 12.7. The van der Waals surface area contributed by atoms with E-state index in [2.05, 4.69) is 41.5 Å². The number of piperidine rings is 1. The standard InChI is InChI=1S/C23H32N4O3/c1-2-3-4-8-13-27-22(29)20(21(28)25-23(27)30)16-24-19-11-14-26(15-12-19)17-18-9-6-5-7-10-18/h5-7,9-10,16,19-20H,2-4,8,11-15,17H2,1H3,(H,25,28,30)/p+1/t20-/m0/s1. The second kappa shape index (κ2) is 11.0. The SMILES string of the molecule is CCCCCCN1C(=O)NC(=O)[C@H](C=NC2CC[NH+](Cc3ccccc3)CC2)C1=O. The predicted octanol–water partition coefficient (Wildman–Crippen LogP) is 1.58. The van der Waals surface area contributed by atoms with Gasteiger partial charge in [0.1, 0.15) is 6.54 Å². The number of quaternary nitrogens is 1. The fourth-order valence-corrected chi connectivity index (χ4v) is 4.10. The Balaban J connectivity index is 1.50. The lowest BCUT2D eigenvalue weighted by Crippen LogP contribution is -3.12. The van der Waals surface area contributed by atoms with Gasteiger partial charge in [-0.05, 0) is 6.42 Å². The Morgan fingerprint density at radius 2 is 1.83 bits per heavy atom. The summed E-state index contributed by atoms with van der Waals surface area (Å²) in [5, 5.41) is 2.30. The van der Waals surface area contributed by atoms with Gasteiger partial charge in [-0.3, -0.25) is 24.8 Å². The number of hydrogen-bond donors (Lipinski definition) is 2. The van der Waals surface area contributed by atoms with Crippen molar-refractivity contribution in [2.24, 2.45) is 10.9 Å². The maximum Gasteiger partial charge on any atom is 0.330 e. The number of hydrogen-bond acceptors (Lipinski definition) is 4. The van der Waals surface area contributed by atoms with E-state index >= 15 is 0 Å². The number of nitrogens with zero attached hydrogens (tertiary/aromatic N) is 2. The number of aliphatic imine (C=N–C) groups is 1. The molecule has 7 heteroatoms. The summed E-state index contributed by atoms with van der Waals surface area (Å²) in [6, 6.07) is 9.98. The summed E-state index contributed by atoms with van der Waals surface area (Å²) in [5.74, 6) is -2.01. The molecule has 7 nitrogen and oxygen atoms in total. The highest BCUT2D eigenvalue weighted by atomic mass is 16.2. The van der Waals surface area contributed by atoms with Gasteiger partial charge in [-0.15, -0.1) is 0 Å². The molecule has 2 N–H and O–H groups in total. The van der Waals surface area contributed by atoms with Crippen LogP contribution in [0.5, 0.6) is 0 Å². The average molecular weight is 414 g/mol. The summed E-state index contributed by atoms with van der Waals surface area (Å²) in [5.41, 5.74) is 1.34. The molecular weight excluding hydrogens is 380 g/mol. The number of rotatable bonds is 9. The van der Waals surface area contributed by atoms with Crippen LogP contribution < -0.4 is 10.2 Å². The summed E-state index contributed by atoms with van der Waals surface area (Å²) in [7, 11) is 0. The van der Waals surface area contributed by atoms with E-state index in [1.54, 1.807) is 0 Å². The van der Waals surface area contributed by atoms with E-state index in [0.717, 1.165) is 58.2 Å². The summed E-state index contributed by atoms with van der Waals surface area (Å²) in [6.45, 7) is 5.50. The summed E-state index contributed by atoms with van der Waals surface area (Å²) in [6.07, 6.45) is 7.20. The van der Waals surface area contributed by atoms with Crippen LogP contribution in [0.15, 0.2) is 35.3 Å². The number of nitrogens with one attached hydrogen (secondary N) is 2. The number of barbiturate groups is 1. The van der Waals surface area contributed by atoms with Gasteiger partial charge in [0.25, 0.3) is 0 Å². The molecule has 0 bridgehead atoms. The fraction of sp³-hybridized carbons (Fsp3) is 0.565. The molecule has 162 valence electrons. The van der Waals surface area contributed by atoms with Crippen LogP contribution in [0.1, 0.15) is 51.0 Å². The Morgan fingerprint density at radius 1 is 1.10 bits per heavy atom. The molecule has 0 radical (unpaired) electrons. The molecule has 2 saturated heterocycles. The minimum atomic E-state index is -0.997. The molecule has 0 unspecified atom stereocenters. The van der Waals surface area contributed by atoms with Crippen molar-refractivity contribution in [3.05, 3.63) is 35.9 Å². The molecule has 3 rings (SSSR count). The number of likely N-dealkylation sites (tertiary alicyclic amines) is 1. The number of amides is 4. The lowest BCUT2D eigenvalue weighted by molar-refractivity contribution is -0.918. The fourth-order valence-electron chi connectivity index (χ4n) is 4.10. The van der Waals surface area contributed by atoms with Crippen molar-refractivity contribution in [3.63, 3.8) is 0 Å². The monoisotopic (exact) mass is 413 g/mol. The van der Waals surface area contributed by atoms with Crippen LogP contribution in [0, 0.1) is 5.92 Å². The van der Waals surface area contributed by atoms with Gasteiger partial charge in [0, 0.05) is 31.2 Å². The first-order valence-electron chi connectivity index (χ1n) is 11.2. The lowest BCUT2D eigenvalue weighted by Gasteiger charge is -2.29. The van der Waals surface area contributed by atoms with Crippen LogP contribution in [0.3, 0.4) is 0 Å². The van der Waals surface area contributed by atoms with E-state index in [0.29, 0.717) is 6.54 Å². The molecule has 2 heterocycles. The van der Waals surface area contributed by atoms with E-state index < -0.39 is 23.8 Å². The van der Waals surface area contributed by atoms with Crippen molar-refractivity contribution < 1.29 is 19.3 Å². The Morgan fingerprint density at radius 3 is 2.53 bits per heavy atom. The Bertz CT molecular complexity index is 757. The number of unbranched alkanes of at least 4 members (excludes halogenated alkanes) is 3. The van der Waals surface area contributed by atoms with Crippen LogP contribution in [0.4, 0.5) is 4.79 Å². The highest BCUT2D eigenvalue weighted by molar-refractivity contribution is 6.23. The number of imide groups is 2. The number of urea groups is 1. The molecule has 2 aliphatic rings. The minimum absolute atomic E-state index is 0.126. The Kier molecular flexibility index (Phi) is 8.13. The van der Waals surface area contributed by atoms with Crippen molar-refractivity contribution in [3.8, 4) is 0 Å². The third kappa shape index (κ3) is 5.98. The third-order valence-corrected chi connectivity index (χ3v) is 5.93. The van der Waals surface area contributed by atoms with E-state index in [4.69, 9.17) is 0 Å². The van der Waals surface area contributed by atoms with Crippen LogP contribution in [-0.4, -0.2) is 54.6 Å². The summed E-state index contributed by atoms with van der Waals surface area (Å²) in [4.78, 5) is 44.2. The molecule has 0 aliphatic carbocycles. The molecule has 2 aliphatic heterocycles. The molecule has 2 fully saturated rings. The molecule has 1 atom stereocenters.